The molecular formula is C30H32BrClN2O4. The number of aliphatic hydroxyl groups excluding tert-OH is 1. The Morgan fingerprint density at radius 1 is 0.947 bits per heavy atom. The van der Waals surface area contributed by atoms with Crippen LogP contribution in [-0.4, -0.2) is 65.0 Å². The first-order valence-electron chi connectivity index (χ1n) is 12.6. The lowest BCUT2D eigenvalue weighted by atomic mass is 9.97. The van der Waals surface area contributed by atoms with Crippen LogP contribution in [0.1, 0.15) is 24.3 Å². The fourth-order valence-electron chi connectivity index (χ4n) is 5.76. The largest absolute Gasteiger partial charge is 0.462 e. The lowest BCUT2D eigenvalue weighted by molar-refractivity contribution is -0.156. The molecule has 4 aromatic rings. The predicted molar refractivity (Wildman–Crippen MR) is 156 cm³/mol. The quantitative estimate of drug-likeness (QED) is 0.195. The topological polar surface area (TPSA) is 75.2 Å². The van der Waals surface area contributed by atoms with Gasteiger partial charge in [-0.2, -0.15) is 0 Å². The van der Waals surface area contributed by atoms with Gasteiger partial charge in [0.25, 0.3) is 0 Å². The monoisotopic (exact) mass is 598 g/mol. The number of fused-ring (bicyclic) bond motifs is 7. The van der Waals surface area contributed by atoms with Crippen LogP contribution in [0.3, 0.4) is 0 Å². The molecule has 1 N–H and O–H groups in total. The van der Waals surface area contributed by atoms with E-state index >= 15 is 0 Å². The van der Waals surface area contributed by atoms with E-state index in [1.54, 1.807) is 0 Å². The second kappa shape index (κ2) is 12.1. The average molecular weight is 600 g/mol. The maximum absolute atomic E-state index is 12.4. The third-order valence-corrected chi connectivity index (χ3v) is 7.75. The number of epoxide rings is 1. The molecule has 200 valence electrons. The van der Waals surface area contributed by atoms with Gasteiger partial charge in [0.2, 0.25) is 0 Å². The highest BCUT2D eigenvalue weighted by atomic mass is 79.9. The molecular weight excluding hydrogens is 568 g/mol. The second-order valence-corrected chi connectivity index (χ2v) is 9.92. The van der Waals surface area contributed by atoms with E-state index in [1.807, 2.05) is 66.7 Å². The molecule has 3 saturated heterocycles. The normalized spacial score (nSPS) is 25.7. The van der Waals surface area contributed by atoms with Crippen molar-refractivity contribution in [3.05, 3.63) is 90.5 Å². The van der Waals surface area contributed by atoms with Crippen molar-refractivity contribution in [1.82, 2.24) is 9.88 Å². The lowest BCUT2D eigenvalue weighted by Gasteiger charge is -2.38. The summed E-state index contributed by atoms with van der Waals surface area (Å²) in [4.78, 5) is 19.4. The van der Waals surface area contributed by atoms with Crippen LogP contribution in [-0.2, 0) is 14.3 Å². The number of aromatic nitrogens is 1. The van der Waals surface area contributed by atoms with Crippen LogP contribution in [0.2, 0.25) is 0 Å². The number of nitrogens with zero attached hydrogens (tertiary/aromatic N) is 2. The summed E-state index contributed by atoms with van der Waals surface area (Å²) in [6, 6.07) is 28.6. The molecule has 0 radical (unpaired) electrons. The van der Waals surface area contributed by atoms with E-state index < -0.39 is 5.92 Å². The Labute approximate surface area is 239 Å². The van der Waals surface area contributed by atoms with Gasteiger partial charge >= 0.3 is 5.97 Å². The van der Waals surface area contributed by atoms with E-state index in [4.69, 9.17) is 9.47 Å². The molecule has 3 aromatic carbocycles. The van der Waals surface area contributed by atoms with Gasteiger partial charge in [0, 0.05) is 35.7 Å². The zero-order valence-electron chi connectivity index (χ0n) is 21.1. The highest BCUT2D eigenvalue weighted by Crippen LogP contribution is 2.48. The van der Waals surface area contributed by atoms with Crippen LogP contribution >= 0.6 is 29.4 Å². The first kappa shape index (κ1) is 28.5. The summed E-state index contributed by atoms with van der Waals surface area (Å²) >= 11 is 0. The van der Waals surface area contributed by atoms with Gasteiger partial charge in [0.15, 0.2) is 0 Å². The number of hydrogen-bond donors (Lipinski definition) is 1. The Bertz CT molecular complexity index is 1270. The minimum Gasteiger partial charge on any atom is -0.462 e. The molecule has 1 aromatic heterocycles. The van der Waals surface area contributed by atoms with Crippen LogP contribution in [0.4, 0.5) is 0 Å². The van der Waals surface area contributed by atoms with Gasteiger partial charge in [0.1, 0.15) is 24.2 Å². The van der Waals surface area contributed by atoms with Gasteiger partial charge in [0.05, 0.1) is 17.6 Å². The molecule has 38 heavy (non-hydrogen) atoms. The van der Waals surface area contributed by atoms with Crippen LogP contribution in [0.15, 0.2) is 84.9 Å². The Kier molecular flexibility index (Phi) is 9.06. The summed E-state index contributed by atoms with van der Waals surface area (Å²) < 4.78 is 11.4. The number of esters is 1. The van der Waals surface area contributed by atoms with Gasteiger partial charge in [-0.3, -0.25) is 9.69 Å². The Morgan fingerprint density at radius 3 is 2.03 bits per heavy atom. The molecule has 3 aliphatic heterocycles. The summed E-state index contributed by atoms with van der Waals surface area (Å²) in [6.07, 6.45) is 2.26. The fraction of sp³-hybridized carbons (Fsp3) is 0.333. The molecule has 3 aliphatic rings. The van der Waals surface area contributed by atoms with Gasteiger partial charge in [-0.05, 0) is 30.8 Å². The highest BCUT2D eigenvalue weighted by Gasteiger charge is 2.62. The van der Waals surface area contributed by atoms with Crippen LogP contribution in [0, 0.1) is 0 Å². The van der Waals surface area contributed by atoms with Crippen molar-refractivity contribution in [3.8, 4) is 0 Å². The number of carbonyl (C=O) groups is 1. The summed E-state index contributed by atoms with van der Waals surface area (Å²) in [6.45, 7) is -0.226. The number of halogens is 2. The molecule has 3 fully saturated rings. The van der Waals surface area contributed by atoms with Crippen LogP contribution in [0.5, 0.6) is 0 Å². The molecule has 0 amide bonds. The summed E-state index contributed by atoms with van der Waals surface area (Å²) in [5.74, 6) is -0.915. The number of aliphatic hydroxyl groups is 1. The third-order valence-electron chi connectivity index (χ3n) is 7.75. The lowest BCUT2D eigenvalue weighted by Crippen LogP contribution is -2.48. The Balaban J connectivity index is 0.000000183. The molecule has 7 rings (SSSR count). The number of likely N-dealkylation sites (N-methyl/N-ethyl adjacent to an activating group) is 1. The summed E-state index contributed by atoms with van der Waals surface area (Å²) in [5.41, 5.74) is 2.93. The fourth-order valence-corrected chi connectivity index (χ4v) is 5.76. The van der Waals surface area contributed by atoms with Crippen LogP contribution < -0.4 is 0 Å². The van der Waals surface area contributed by atoms with Gasteiger partial charge < -0.3 is 14.6 Å². The average Bonchev–Trinajstić information content (AvgIpc) is 3.67. The molecule has 0 aliphatic carbocycles. The number of carbonyl (C=O) groups excluding carboxylic acids is 1. The molecule has 4 heterocycles. The highest BCUT2D eigenvalue weighted by molar-refractivity contribution is 8.93. The first-order chi connectivity index (χ1) is 17.6. The van der Waals surface area contributed by atoms with Gasteiger partial charge in [-0.25, -0.2) is 4.98 Å². The molecule has 6 nitrogen and oxygen atoms in total. The number of piperidine rings is 1. The molecule has 8 heteroatoms. The third kappa shape index (κ3) is 5.58. The molecule has 0 spiro atoms. The SMILES string of the molecule is Br.CN1[C@H]2C[C@H](OC(=O)[C@H](CO)c3ccccc3)C[C@H]1[C@H]1O[C@H]12.Cl.c1ccc2nc3ccccc3cc2c1. The smallest absolute Gasteiger partial charge is 0.316 e. The van der Waals surface area contributed by atoms with E-state index in [2.05, 4.69) is 35.1 Å². The second-order valence-electron chi connectivity index (χ2n) is 9.92. The summed E-state index contributed by atoms with van der Waals surface area (Å²) in [7, 11) is 2.13. The number of benzene rings is 3. The zero-order valence-corrected chi connectivity index (χ0v) is 23.6. The molecule has 0 unspecified atom stereocenters. The molecule has 0 saturated carbocycles. The maximum Gasteiger partial charge on any atom is 0.316 e. The number of pyridine rings is 1. The van der Waals surface area contributed by atoms with Crippen molar-refractivity contribution in [2.24, 2.45) is 0 Å². The van der Waals surface area contributed by atoms with E-state index in [0.717, 1.165) is 29.4 Å². The van der Waals surface area contributed by atoms with Crippen molar-refractivity contribution >= 4 is 57.2 Å². The van der Waals surface area contributed by atoms with E-state index in [9.17, 15) is 9.90 Å². The minimum atomic E-state index is -0.593. The minimum absolute atomic E-state index is 0. The van der Waals surface area contributed by atoms with Crippen molar-refractivity contribution in [3.63, 3.8) is 0 Å². The summed E-state index contributed by atoms with van der Waals surface area (Å²) in [5, 5.41) is 12.0. The zero-order chi connectivity index (χ0) is 24.6. The van der Waals surface area contributed by atoms with Gasteiger partial charge in [-0.15, -0.1) is 29.4 Å². The van der Waals surface area contributed by atoms with Crippen molar-refractivity contribution in [2.75, 3.05) is 13.7 Å². The Hall–Kier alpha value is -2.55. The van der Waals surface area contributed by atoms with E-state index in [1.165, 1.54) is 10.8 Å². The standard InChI is InChI=1S/C17H21NO4.C13H9N.BrH.ClH/c1-18-13-7-11(8-14(18)16-15(13)22-16)21-17(20)12(9-19)10-5-3-2-4-6-10;1-3-7-12-10(5-1)9-11-6-2-4-8-13(11)14-12;;/h2-6,11-16,19H,7-9H2,1H3;1-9H;2*1H/t11-,12-,13+,14+,15-,16+;;;/m1.../s1. The van der Waals surface area contributed by atoms with Crippen LogP contribution in [0.25, 0.3) is 21.8 Å². The van der Waals surface area contributed by atoms with Crippen molar-refractivity contribution in [1.29, 1.82) is 0 Å². The predicted octanol–water partition coefficient (Wildman–Crippen LogP) is 5.31. The first-order valence-corrected chi connectivity index (χ1v) is 12.6. The van der Waals surface area contributed by atoms with E-state index in [-0.39, 0.29) is 48.1 Å². The van der Waals surface area contributed by atoms with Crippen molar-refractivity contribution in [2.45, 2.75) is 49.2 Å². The number of hydrogen-bond acceptors (Lipinski definition) is 6. The number of para-hydroxylation sites is 2. The van der Waals surface area contributed by atoms with E-state index in [0.29, 0.717) is 24.3 Å². The number of ether oxygens (including phenoxy) is 2. The maximum atomic E-state index is 12.4. The molecule has 6 atom stereocenters. The van der Waals surface area contributed by atoms with Gasteiger partial charge in [-0.1, -0.05) is 66.7 Å². The Morgan fingerprint density at radius 2 is 1.47 bits per heavy atom. The molecule has 2 bridgehead atoms. The van der Waals surface area contributed by atoms with Crippen molar-refractivity contribution < 1.29 is 19.4 Å². The number of morpholine rings is 1. The number of rotatable bonds is 4.